The van der Waals surface area contributed by atoms with Gasteiger partial charge in [-0.1, -0.05) is 24.1 Å². The number of benzene rings is 1. The Morgan fingerprint density at radius 2 is 1.97 bits per heavy atom. The maximum Gasteiger partial charge on any atom is 0.266 e. The predicted octanol–water partition coefficient (Wildman–Crippen LogP) is 5.03. The van der Waals surface area contributed by atoms with Crippen molar-refractivity contribution in [2.24, 2.45) is 0 Å². The maximum absolute atomic E-state index is 14.7. The predicted molar refractivity (Wildman–Crippen MR) is 113 cm³/mol. The van der Waals surface area contributed by atoms with E-state index in [9.17, 15) is 22.4 Å². The lowest BCUT2D eigenvalue weighted by molar-refractivity contribution is 0.0307. The van der Waals surface area contributed by atoms with Crippen LogP contribution in [0.15, 0.2) is 35.3 Å². The Balaban J connectivity index is 1.78. The van der Waals surface area contributed by atoms with Crippen molar-refractivity contribution in [3.63, 3.8) is 0 Å². The van der Waals surface area contributed by atoms with Gasteiger partial charge in [-0.05, 0) is 13.8 Å². The molecule has 2 heterocycles. The second-order valence-corrected chi connectivity index (χ2v) is 8.21. The first kappa shape index (κ1) is 21.8. The van der Waals surface area contributed by atoms with E-state index in [4.69, 9.17) is 6.42 Å². The number of hydrogen-bond acceptors (Lipinski definition) is 4. The maximum atomic E-state index is 14.7. The van der Waals surface area contributed by atoms with Crippen LogP contribution < -0.4 is 10.9 Å². The summed E-state index contributed by atoms with van der Waals surface area (Å²) in [5, 5.41) is 3.34. The Bertz CT molecular complexity index is 1290. The summed E-state index contributed by atoms with van der Waals surface area (Å²) in [4.78, 5) is 21.1. The molecule has 0 radical (unpaired) electrons. The van der Waals surface area contributed by atoms with Gasteiger partial charge in [0.15, 0.2) is 0 Å². The fourth-order valence-corrected chi connectivity index (χ4v) is 4.06. The Morgan fingerprint density at radius 3 is 2.59 bits per heavy atom. The highest BCUT2D eigenvalue weighted by atomic mass is 19.3. The van der Waals surface area contributed by atoms with Crippen molar-refractivity contribution in [3.05, 3.63) is 63.6 Å². The number of aromatic nitrogens is 3. The lowest BCUT2D eigenvalue weighted by atomic mass is 9.78. The van der Waals surface area contributed by atoms with Gasteiger partial charge in [0, 0.05) is 36.7 Å². The summed E-state index contributed by atoms with van der Waals surface area (Å²) in [7, 11) is 0. The molecule has 0 bridgehead atoms. The number of hydrogen-bond donors (Lipinski definition) is 1. The first-order chi connectivity index (χ1) is 15.1. The molecule has 1 atom stereocenters. The van der Waals surface area contributed by atoms with Crippen LogP contribution in [0.5, 0.6) is 0 Å². The zero-order chi connectivity index (χ0) is 23.2. The molecule has 1 N–H and O–H groups in total. The molecule has 1 aliphatic rings. The molecule has 0 spiro atoms. The largest absolute Gasteiger partial charge is 0.352 e. The minimum Gasteiger partial charge on any atom is -0.352 e. The number of anilines is 1. The number of fused-ring (bicyclic) bond motifs is 1. The molecule has 1 aliphatic carbocycles. The molecule has 0 amide bonds. The summed E-state index contributed by atoms with van der Waals surface area (Å²) in [6.45, 7) is 3.09. The molecule has 4 rings (SSSR count). The minimum absolute atomic E-state index is 0.129. The highest BCUT2D eigenvalue weighted by Gasteiger charge is 2.42. The third kappa shape index (κ3) is 3.93. The Kier molecular flexibility index (Phi) is 5.41. The van der Waals surface area contributed by atoms with Gasteiger partial charge in [-0.3, -0.25) is 4.79 Å². The quantitative estimate of drug-likeness (QED) is 0.443. The van der Waals surface area contributed by atoms with Crippen LogP contribution in [0.1, 0.15) is 55.2 Å². The number of nitrogens with one attached hydrogen (secondary N) is 1. The van der Waals surface area contributed by atoms with Gasteiger partial charge in [0.2, 0.25) is 0 Å². The van der Waals surface area contributed by atoms with E-state index in [1.54, 1.807) is 6.92 Å². The summed E-state index contributed by atoms with van der Waals surface area (Å²) in [5.41, 5.74) is -2.20. The van der Waals surface area contributed by atoms with Crippen LogP contribution in [-0.2, 0) is 0 Å². The third-order valence-corrected chi connectivity index (χ3v) is 5.64. The second-order valence-electron chi connectivity index (χ2n) is 8.21. The normalized spacial score (nSPS) is 21.2. The Morgan fingerprint density at radius 1 is 1.28 bits per heavy atom. The molecule has 0 saturated heterocycles. The molecular formula is C23H20F4N4O. The molecule has 0 unspecified atom stereocenters. The van der Waals surface area contributed by atoms with Crippen molar-refractivity contribution < 1.29 is 17.6 Å². The van der Waals surface area contributed by atoms with Gasteiger partial charge in [-0.25, -0.2) is 27.5 Å². The standard InChI is InChI=1S/C23H20F4N4O/c1-4-17(14-6-5-7-15(20(14)24)21(25)26)30-22-16-11-31(13-9-23(3,27)10-13)19(32)8-18(16)28-12(2)29-22/h1,5-8,11,13,17,21H,9-10H2,2-3H3,(H,28,29,30)/t13?,17-,23?/m1/s1. The van der Waals surface area contributed by atoms with Crippen LogP contribution in [0.4, 0.5) is 23.4 Å². The van der Waals surface area contributed by atoms with Gasteiger partial charge in [-0.2, -0.15) is 0 Å². The molecule has 1 saturated carbocycles. The summed E-state index contributed by atoms with van der Waals surface area (Å²) >= 11 is 0. The Labute approximate surface area is 181 Å². The van der Waals surface area contributed by atoms with Gasteiger partial charge < -0.3 is 9.88 Å². The molecule has 166 valence electrons. The van der Waals surface area contributed by atoms with Crippen molar-refractivity contribution >= 4 is 16.7 Å². The summed E-state index contributed by atoms with van der Waals surface area (Å²) in [6, 6.07) is 3.53. The number of rotatable bonds is 5. The molecular weight excluding hydrogens is 424 g/mol. The van der Waals surface area contributed by atoms with E-state index in [1.807, 2.05) is 0 Å². The third-order valence-electron chi connectivity index (χ3n) is 5.64. The number of terminal acetylenes is 1. The van der Waals surface area contributed by atoms with Crippen molar-refractivity contribution in [1.82, 2.24) is 14.5 Å². The number of halogens is 4. The molecule has 1 fully saturated rings. The fraction of sp³-hybridized carbons (Fsp3) is 0.348. The van der Waals surface area contributed by atoms with Crippen LogP contribution in [0, 0.1) is 25.1 Å². The fourth-order valence-electron chi connectivity index (χ4n) is 4.06. The molecule has 9 heteroatoms. The van der Waals surface area contributed by atoms with E-state index in [0.717, 1.165) is 6.07 Å². The van der Waals surface area contributed by atoms with Gasteiger partial charge in [0.25, 0.3) is 12.0 Å². The molecule has 5 nitrogen and oxygen atoms in total. The van der Waals surface area contributed by atoms with Crippen LogP contribution in [0.3, 0.4) is 0 Å². The average molecular weight is 444 g/mol. The average Bonchev–Trinajstić information content (AvgIpc) is 2.69. The molecule has 3 aromatic rings. The highest BCUT2D eigenvalue weighted by Crippen LogP contribution is 2.43. The van der Waals surface area contributed by atoms with E-state index in [1.165, 1.54) is 35.9 Å². The molecule has 32 heavy (non-hydrogen) atoms. The van der Waals surface area contributed by atoms with Gasteiger partial charge in [0.05, 0.1) is 16.5 Å². The van der Waals surface area contributed by atoms with E-state index >= 15 is 0 Å². The zero-order valence-corrected chi connectivity index (χ0v) is 17.4. The van der Waals surface area contributed by atoms with E-state index in [2.05, 4.69) is 21.2 Å². The number of alkyl halides is 3. The van der Waals surface area contributed by atoms with Crippen molar-refractivity contribution in [1.29, 1.82) is 0 Å². The van der Waals surface area contributed by atoms with Gasteiger partial charge in [0.1, 0.15) is 29.2 Å². The van der Waals surface area contributed by atoms with E-state index in [-0.39, 0.29) is 35.8 Å². The highest BCUT2D eigenvalue weighted by molar-refractivity contribution is 5.88. The number of aryl methyl sites for hydroxylation is 1. The molecule has 1 aromatic carbocycles. The lowest BCUT2D eigenvalue weighted by Gasteiger charge is -2.39. The van der Waals surface area contributed by atoms with Crippen LogP contribution in [-0.4, -0.2) is 20.2 Å². The smallest absolute Gasteiger partial charge is 0.266 e. The van der Waals surface area contributed by atoms with Crippen LogP contribution >= 0.6 is 0 Å². The van der Waals surface area contributed by atoms with Crippen molar-refractivity contribution in [2.75, 3.05) is 5.32 Å². The SMILES string of the molecule is C#C[C@@H](Nc1nc(C)nc2cc(=O)n(C3CC(C)(F)C3)cc12)c1cccc(C(F)F)c1F. The molecule has 0 aliphatic heterocycles. The monoisotopic (exact) mass is 444 g/mol. The van der Waals surface area contributed by atoms with Crippen molar-refractivity contribution in [2.45, 2.75) is 50.9 Å². The summed E-state index contributed by atoms with van der Waals surface area (Å²) < 4.78 is 56.3. The molecule has 2 aromatic heterocycles. The van der Waals surface area contributed by atoms with E-state index < -0.39 is 29.5 Å². The first-order valence-corrected chi connectivity index (χ1v) is 9.98. The van der Waals surface area contributed by atoms with Crippen LogP contribution in [0.25, 0.3) is 10.9 Å². The first-order valence-electron chi connectivity index (χ1n) is 9.98. The summed E-state index contributed by atoms with van der Waals surface area (Å²) in [5.74, 6) is 1.81. The Hall–Kier alpha value is -3.41. The summed E-state index contributed by atoms with van der Waals surface area (Å²) in [6.07, 6.45) is 4.52. The van der Waals surface area contributed by atoms with Gasteiger partial charge in [-0.15, -0.1) is 6.42 Å². The minimum atomic E-state index is -2.99. The van der Waals surface area contributed by atoms with Crippen LogP contribution in [0.2, 0.25) is 0 Å². The van der Waals surface area contributed by atoms with Crippen molar-refractivity contribution in [3.8, 4) is 12.3 Å². The second kappa shape index (κ2) is 7.93. The zero-order valence-electron chi connectivity index (χ0n) is 17.4. The van der Waals surface area contributed by atoms with Gasteiger partial charge >= 0.3 is 0 Å². The van der Waals surface area contributed by atoms with E-state index in [0.29, 0.717) is 16.7 Å². The number of pyridine rings is 1. The lowest BCUT2D eigenvalue weighted by Crippen LogP contribution is -2.41. The topological polar surface area (TPSA) is 59.8 Å². The number of nitrogens with zero attached hydrogens (tertiary/aromatic N) is 3.